The normalized spacial score (nSPS) is 11.0. The first-order valence-electron chi connectivity index (χ1n) is 8.44. The van der Waals surface area contributed by atoms with Crippen LogP contribution in [0.1, 0.15) is 15.9 Å². The molecule has 0 atom stereocenters. The number of hydrogen-bond acceptors (Lipinski definition) is 3. The lowest BCUT2D eigenvalue weighted by atomic mass is 10.2. The second-order valence-electron chi connectivity index (χ2n) is 6.37. The van der Waals surface area contributed by atoms with Crippen LogP contribution < -0.4 is 5.56 Å². The van der Waals surface area contributed by atoms with Gasteiger partial charge in [-0.1, -0.05) is 41.9 Å². The molecule has 0 N–H and O–H groups in total. The molecule has 2 heterocycles. The lowest BCUT2D eigenvalue weighted by molar-refractivity contribution is 0.0784. The van der Waals surface area contributed by atoms with E-state index in [-0.39, 0.29) is 11.5 Å². The predicted octanol–water partition coefficient (Wildman–Crippen LogP) is 3.77. The second-order valence-corrected chi connectivity index (χ2v) is 6.81. The maximum absolute atomic E-state index is 12.8. The first-order valence-corrected chi connectivity index (χ1v) is 8.82. The number of aromatic nitrogens is 2. The van der Waals surface area contributed by atoms with Gasteiger partial charge >= 0.3 is 0 Å². The number of halogens is 1. The zero-order valence-electron chi connectivity index (χ0n) is 14.6. The molecule has 0 aliphatic rings. The largest absolute Gasteiger partial charge is 0.337 e. The number of pyridine rings is 1. The molecule has 0 aliphatic carbocycles. The van der Waals surface area contributed by atoms with Crippen LogP contribution in [0, 0.1) is 0 Å². The Kier molecular flexibility index (Phi) is 4.38. The molecular weight excluding hydrogens is 362 g/mol. The fourth-order valence-electron chi connectivity index (χ4n) is 3.05. The van der Waals surface area contributed by atoms with Gasteiger partial charge < -0.3 is 4.90 Å². The molecule has 5 nitrogen and oxygen atoms in total. The average Bonchev–Trinajstić information content (AvgIpc) is 2.69. The van der Waals surface area contributed by atoms with Gasteiger partial charge in [0.1, 0.15) is 5.65 Å². The molecule has 0 unspecified atom stereocenters. The Balaban J connectivity index is 1.74. The maximum atomic E-state index is 12.8. The minimum Gasteiger partial charge on any atom is -0.337 e. The van der Waals surface area contributed by atoms with Gasteiger partial charge in [-0.05, 0) is 35.9 Å². The number of fused-ring (bicyclic) bond motifs is 2. The van der Waals surface area contributed by atoms with Crippen molar-refractivity contribution in [2.75, 3.05) is 7.05 Å². The molecule has 0 saturated carbocycles. The Hall–Kier alpha value is -3.18. The second kappa shape index (κ2) is 6.85. The third kappa shape index (κ3) is 3.29. The van der Waals surface area contributed by atoms with E-state index >= 15 is 0 Å². The molecule has 134 valence electrons. The highest BCUT2D eigenvalue weighted by molar-refractivity contribution is 6.31. The fraction of sp³-hybridized carbons (Fsp3) is 0.0952. The third-order valence-electron chi connectivity index (χ3n) is 4.43. The van der Waals surface area contributed by atoms with Crippen molar-refractivity contribution in [1.82, 2.24) is 14.3 Å². The Morgan fingerprint density at radius 3 is 2.67 bits per heavy atom. The minimum atomic E-state index is -0.252. The summed E-state index contributed by atoms with van der Waals surface area (Å²) >= 11 is 6.01. The summed E-state index contributed by atoms with van der Waals surface area (Å²) in [5.41, 5.74) is 2.26. The summed E-state index contributed by atoms with van der Waals surface area (Å²) in [6.45, 7) is 0.484. The summed E-state index contributed by atoms with van der Waals surface area (Å²) in [6, 6.07) is 18.1. The predicted molar refractivity (Wildman–Crippen MR) is 106 cm³/mol. The molecule has 6 heteroatoms. The van der Waals surface area contributed by atoms with Gasteiger partial charge in [-0.15, -0.1) is 0 Å². The van der Waals surface area contributed by atoms with Crippen LogP contribution in [0.4, 0.5) is 0 Å². The van der Waals surface area contributed by atoms with Gasteiger partial charge in [0.15, 0.2) is 0 Å². The standard InChI is InChI=1S/C21H16ClN3O2/c1-24(12-14-5-3-2-4-6-14)20(26)15-7-10-19-23-18-9-8-16(22)11-17(18)21(27)25(19)13-15/h2-11,13H,12H2,1H3. The number of rotatable bonds is 3. The van der Waals surface area contributed by atoms with Crippen LogP contribution >= 0.6 is 11.6 Å². The van der Waals surface area contributed by atoms with Crippen LogP contribution in [0.5, 0.6) is 0 Å². The Morgan fingerprint density at radius 1 is 1.11 bits per heavy atom. The summed E-state index contributed by atoms with van der Waals surface area (Å²) in [5.74, 6) is -0.168. The van der Waals surface area contributed by atoms with E-state index in [4.69, 9.17) is 11.6 Å². The smallest absolute Gasteiger partial charge is 0.265 e. The maximum Gasteiger partial charge on any atom is 0.265 e. The van der Waals surface area contributed by atoms with E-state index in [0.717, 1.165) is 5.56 Å². The van der Waals surface area contributed by atoms with E-state index in [0.29, 0.717) is 33.7 Å². The lowest BCUT2D eigenvalue weighted by Gasteiger charge is -2.17. The van der Waals surface area contributed by atoms with E-state index < -0.39 is 0 Å². The van der Waals surface area contributed by atoms with Crippen molar-refractivity contribution in [1.29, 1.82) is 0 Å². The molecule has 27 heavy (non-hydrogen) atoms. The van der Waals surface area contributed by atoms with Gasteiger partial charge in [0, 0.05) is 24.8 Å². The van der Waals surface area contributed by atoms with Gasteiger partial charge in [0.25, 0.3) is 11.5 Å². The van der Waals surface area contributed by atoms with Crippen molar-refractivity contribution in [2.45, 2.75) is 6.54 Å². The molecule has 0 saturated heterocycles. The zero-order valence-corrected chi connectivity index (χ0v) is 15.3. The van der Waals surface area contributed by atoms with Gasteiger partial charge in [0.05, 0.1) is 16.5 Å². The molecule has 4 aromatic rings. The van der Waals surface area contributed by atoms with E-state index in [1.807, 2.05) is 30.3 Å². The van der Waals surface area contributed by atoms with Crippen molar-refractivity contribution in [3.63, 3.8) is 0 Å². The molecular formula is C21H16ClN3O2. The van der Waals surface area contributed by atoms with Crippen LogP contribution in [0.25, 0.3) is 16.6 Å². The van der Waals surface area contributed by atoms with Crippen LogP contribution in [-0.2, 0) is 6.54 Å². The number of carbonyl (C=O) groups is 1. The summed E-state index contributed by atoms with van der Waals surface area (Å²) in [5, 5.41) is 0.887. The number of benzene rings is 2. The first kappa shape index (κ1) is 17.2. The highest BCUT2D eigenvalue weighted by Gasteiger charge is 2.14. The van der Waals surface area contributed by atoms with Crippen molar-refractivity contribution in [3.8, 4) is 0 Å². The molecule has 0 radical (unpaired) electrons. The Labute approximate surface area is 160 Å². The Morgan fingerprint density at radius 2 is 1.89 bits per heavy atom. The van der Waals surface area contributed by atoms with E-state index in [1.54, 1.807) is 42.3 Å². The highest BCUT2D eigenvalue weighted by atomic mass is 35.5. The highest BCUT2D eigenvalue weighted by Crippen LogP contribution is 2.16. The third-order valence-corrected chi connectivity index (χ3v) is 4.66. The Bertz CT molecular complexity index is 1220. The van der Waals surface area contributed by atoms with Crippen LogP contribution in [-0.4, -0.2) is 27.2 Å². The van der Waals surface area contributed by atoms with Crippen molar-refractivity contribution in [3.05, 3.63) is 93.4 Å². The molecule has 2 aromatic heterocycles. The van der Waals surface area contributed by atoms with Crippen molar-refractivity contribution in [2.24, 2.45) is 0 Å². The van der Waals surface area contributed by atoms with Crippen LogP contribution in [0.2, 0.25) is 5.02 Å². The van der Waals surface area contributed by atoms with Gasteiger partial charge in [-0.3, -0.25) is 14.0 Å². The van der Waals surface area contributed by atoms with E-state index in [9.17, 15) is 9.59 Å². The lowest BCUT2D eigenvalue weighted by Crippen LogP contribution is -2.27. The number of amides is 1. The first-order chi connectivity index (χ1) is 13.0. The van der Waals surface area contributed by atoms with Crippen molar-refractivity contribution >= 4 is 34.1 Å². The molecule has 0 aliphatic heterocycles. The number of nitrogens with zero attached hydrogens (tertiary/aromatic N) is 3. The number of hydrogen-bond donors (Lipinski definition) is 0. The van der Waals surface area contributed by atoms with Gasteiger partial charge in [-0.25, -0.2) is 4.98 Å². The van der Waals surface area contributed by atoms with Crippen molar-refractivity contribution < 1.29 is 4.79 Å². The average molecular weight is 378 g/mol. The molecule has 2 aromatic carbocycles. The molecule has 4 rings (SSSR count). The van der Waals surface area contributed by atoms with Gasteiger partial charge in [0.2, 0.25) is 0 Å². The fourth-order valence-corrected chi connectivity index (χ4v) is 3.22. The zero-order chi connectivity index (χ0) is 19.0. The molecule has 1 amide bonds. The topological polar surface area (TPSA) is 54.7 Å². The van der Waals surface area contributed by atoms with E-state index in [2.05, 4.69) is 4.98 Å². The molecule has 0 spiro atoms. The molecule has 0 bridgehead atoms. The number of carbonyl (C=O) groups excluding carboxylic acids is 1. The summed E-state index contributed by atoms with van der Waals surface area (Å²) < 4.78 is 1.39. The monoisotopic (exact) mass is 377 g/mol. The van der Waals surface area contributed by atoms with Crippen LogP contribution in [0.3, 0.4) is 0 Å². The quantitative estimate of drug-likeness (QED) is 0.511. The van der Waals surface area contributed by atoms with Crippen LogP contribution in [0.15, 0.2) is 71.7 Å². The molecule has 0 fully saturated rings. The summed E-state index contributed by atoms with van der Waals surface area (Å²) in [7, 11) is 1.74. The summed E-state index contributed by atoms with van der Waals surface area (Å²) in [6.07, 6.45) is 1.54. The summed E-state index contributed by atoms with van der Waals surface area (Å²) in [4.78, 5) is 31.7. The van der Waals surface area contributed by atoms with Gasteiger partial charge in [-0.2, -0.15) is 0 Å². The van der Waals surface area contributed by atoms with E-state index in [1.165, 1.54) is 10.6 Å². The SMILES string of the molecule is CN(Cc1ccccc1)C(=O)c1ccc2nc3ccc(Cl)cc3c(=O)n2c1. The minimum absolute atomic E-state index is 0.168.